The molecule has 1 aliphatic rings. The van der Waals surface area contributed by atoms with Crippen molar-refractivity contribution in [3.05, 3.63) is 35.5 Å². The van der Waals surface area contributed by atoms with Gasteiger partial charge in [0.05, 0.1) is 6.54 Å². The molecule has 1 aliphatic heterocycles. The molecule has 2 aromatic rings. The van der Waals surface area contributed by atoms with Gasteiger partial charge in [0.15, 0.2) is 0 Å². The highest BCUT2D eigenvalue weighted by molar-refractivity contribution is 5.87. The fourth-order valence-electron chi connectivity index (χ4n) is 2.73. The van der Waals surface area contributed by atoms with Gasteiger partial charge in [-0.2, -0.15) is 0 Å². The standard InChI is InChI=1S/C14H16N2O/c1-10(17)9-16-13-5-3-2-4-11(13)12-6-7-15-8-14(12)16/h2-5,15H,6-9H2,1H3. The first kappa shape index (κ1) is 10.5. The summed E-state index contributed by atoms with van der Waals surface area (Å²) in [5, 5.41) is 4.69. The molecule has 2 heterocycles. The van der Waals surface area contributed by atoms with Crippen LogP contribution in [-0.2, 0) is 24.3 Å². The van der Waals surface area contributed by atoms with Crippen molar-refractivity contribution in [2.24, 2.45) is 0 Å². The second-order valence-corrected chi connectivity index (χ2v) is 4.66. The van der Waals surface area contributed by atoms with E-state index in [4.69, 9.17) is 0 Å². The topological polar surface area (TPSA) is 34.0 Å². The first-order valence-corrected chi connectivity index (χ1v) is 6.06. The van der Waals surface area contributed by atoms with Crippen molar-refractivity contribution in [2.75, 3.05) is 6.54 Å². The number of nitrogens with one attached hydrogen (secondary N) is 1. The molecule has 0 unspecified atom stereocenters. The van der Waals surface area contributed by atoms with Crippen molar-refractivity contribution in [2.45, 2.75) is 26.4 Å². The van der Waals surface area contributed by atoms with Gasteiger partial charge in [-0.05, 0) is 31.5 Å². The Hall–Kier alpha value is -1.61. The number of para-hydroxylation sites is 1. The molecule has 0 saturated carbocycles. The van der Waals surface area contributed by atoms with E-state index in [0.29, 0.717) is 6.54 Å². The van der Waals surface area contributed by atoms with Crippen LogP contribution in [0, 0.1) is 0 Å². The van der Waals surface area contributed by atoms with E-state index in [1.54, 1.807) is 6.92 Å². The van der Waals surface area contributed by atoms with Gasteiger partial charge in [0.25, 0.3) is 0 Å². The Balaban J connectivity index is 2.27. The van der Waals surface area contributed by atoms with Crippen molar-refractivity contribution < 1.29 is 4.79 Å². The van der Waals surface area contributed by atoms with Crippen LogP contribution in [0.2, 0.25) is 0 Å². The van der Waals surface area contributed by atoms with Crippen LogP contribution in [0.5, 0.6) is 0 Å². The van der Waals surface area contributed by atoms with Crippen LogP contribution in [0.15, 0.2) is 24.3 Å². The lowest BCUT2D eigenvalue weighted by atomic mass is 10.1. The van der Waals surface area contributed by atoms with Crippen molar-refractivity contribution in [3.8, 4) is 0 Å². The molecular weight excluding hydrogens is 212 g/mol. The predicted molar refractivity (Wildman–Crippen MR) is 68.0 cm³/mol. The van der Waals surface area contributed by atoms with E-state index in [9.17, 15) is 4.79 Å². The maximum absolute atomic E-state index is 11.4. The average Bonchev–Trinajstić information content (AvgIpc) is 2.65. The second-order valence-electron chi connectivity index (χ2n) is 4.66. The smallest absolute Gasteiger partial charge is 0.149 e. The summed E-state index contributed by atoms with van der Waals surface area (Å²) in [6.07, 6.45) is 1.06. The lowest BCUT2D eigenvalue weighted by Gasteiger charge is -2.16. The Bertz CT molecular complexity index is 583. The van der Waals surface area contributed by atoms with Gasteiger partial charge in [0.2, 0.25) is 0 Å². The fraction of sp³-hybridized carbons (Fsp3) is 0.357. The van der Waals surface area contributed by atoms with Crippen LogP contribution in [0.4, 0.5) is 0 Å². The van der Waals surface area contributed by atoms with E-state index >= 15 is 0 Å². The lowest BCUT2D eigenvalue weighted by Crippen LogP contribution is -2.25. The third-order valence-corrected chi connectivity index (χ3v) is 3.42. The molecule has 3 nitrogen and oxygen atoms in total. The third-order valence-electron chi connectivity index (χ3n) is 3.42. The molecule has 1 aromatic carbocycles. The van der Waals surface area contributed by atoms with Crippen LogP contribution in [0.1, 0.15) is 18.2 Å². The minimum Gasteiger partial charge on any atom is -0.336 e. The number of rotatable bonds is 2. The van der Waals surface area contributed by atoms with E-state index in [-0.39, 0.29) is 5.78 Å². The molecule has 0 atom stereocenters. The maximum Gasteiger partial charge on any atom is 0.149 e. The molecule has 0 radical (unpaired) electrons. The van der Waals surface area contributed by atoms with Crippen molar-refractivity contribution >= 4 is 16.7 Å². The quantitative estimate of drug-likeness (QED) is 0.851. The largest absolute Gasteiger partial charge is 0.336 e. The average molecular weight is 228 g/mol. The van der Waals surface area contributed by atoms with Gasteiger partial charge in [-0.3, -0.25) is 4.79 Å². The minimum absolute atomic E-state index is 0.208. The Morgan fingerprint density at radius 1 is 1.41 bits per heavy atom. The molecule has 0 saturated heterocycles. The number of carbonyl (C=O) groups excluding carboxylic acids is 1. The molecule has 3 heteroatoms. The SMILES string of the molecule is CC(=O)Cn1c2c(c3ccccc31)CCNC2. The Morgan fingerprint density at radius 2 is 2.24 bits per heavy atom. The number of aromatic nitrogens is 1. The number of benzene rings is 1. The van der Waals surface area contributed by atoms with E-state index in [2.05, 4.69) is 28.1 Å². The fourth-order valence-corrected chi connectivity index (χ4v) is 2.73. The molecule has 0 spiro atoms. The maximum atomic E-state index is 11.4. The monoisotopic (exact) mass is 228 g/mol. The molecule has 1 N–H and O–H groups in total. The lowest BCUT2D eigenvalue weighted by molar-refractivity contribution is -0.117. The molecule has 0 fully saturated rings. The highest BCUT2D eigenvalue weighted by Gasteiger charge is 2.19. The summed E-state index contributed by atoms with van der Waals surface area (Å²) in [6.45, 7) is 4.04. The van der Waals surface area contributed by atoms with Gasteiger partial charge < -0.3 is 9.88 Å². The van der Waals surface area contributed by atoms with Gasteiger partial charge in [0, 0.05) is 23.1 Å². The van der Waals surface area contributed by atoms with E-state index in [1.807, 2.05) is 6.07 Å². The molecule has 3 rings (SSSR count). The number of carbonyl (C=O) groups is 1. The molecular formula is C14H16N2O. The number of nitrogens with zero attached hydrogens (tertiary/aromatic N) is 1. The Morgan fingerprint density at radius 3 is 3.06 bits per heavy atom. The van der Waals surface area contributed by atoms with Crippen LogP contribution in [0.25, 0.3) is 10.9 Å². The summed E-state index contributed by atoms with van der Waals surface area (Å²) < 4.78 is 2.17. The molecule has 88 valence electrons. The van der Waals surface area contributed by atoms with Gasteiger partial charge in [-0.15, -0.1) is 0 Å². The van der Waals surface area contributed by atoms with Crippen LogP contribution in [0.3, 0.4) is 0 Å². The predicted octanol–water partition coefficient (Wildman–Crippen LogP) is 1.88. The van der Waals surface area contributed by atoms with Gasteiger partial charge in [-0.1, -0.05) is 18.2 Å². The van der Waals surface area contributed by atoms with Crippen LogP contribution < -0.4 is 5.32 Å². The van der Waals surface area contributed by atoms with Crippen molar-refractivity contribution in [1.29, 1.82) is 0 Å². The second kappa shape index (κ2) is 4.00. The van der Waals surface area contributed by atoms with Crippen molar-refractivity contribution in [1.82, 2.24) is 9.88 Å². The summed E-state index contributed by atoms with van der Waals surface area (Å²) >= 11 is 0. The van der Waals surface area contributed by atoms with Gasteiger partial charge in [0.1, 0.15) is 5.78 Å². The first-order valence-electron chi connectivity index (χ1n) is 6.06. The summed E-state index contributed by atoms with van der Waals surface area (Å²) in [4.78, 5) is 11.4. The van der Waals surface area contributed by atoms with E-state index in [0.717, 1.165) is 19.5 Å². The summed E-state index contributed by atoms with van der Waals surface area (Å²) in [5.74, 6) is 0.208. The normalized spacial score (nSPS) is 14.9. The summed E-state index contributed by atoms with van der Waals surface area (Å²) in [7, 11) is 0. The zero-order chi connectivity index (χ0) is 11.8. The van der Waals surface area contributed by atoms with E-state index < -0.39 is 0 Å². The Kier molecular flexibility index (Phi) is 2.48. The van der Waals surface area contributed by atoms with Crippen LogP contribution in [-0.4, -0.2) is 16.9 Å². The minimum atomic E-state index is 0.208. The van der Waals surface area contributed by atoms with Crippen molar-refractivity contribution in [3.63, 3.8) is 0 Å². The third kappa shape index (κ3) is 1.67. The summed E-state index contributed by atoms with van der Waals surface area (Å²) in [6, 6.07) is 8.38. The Labute approximate surface area is 100 Å². The summed E-state index contributed by atoms with van der Waals surface area (Å²) in [5.41, 5.74) is 3.89. The number of ketones is 1. The van der Waals surface area contributed by atoms with Gasteiger partial charge >= 0.3 is 0 Å². The van der Waals surface area contributed by atoms with Crippen LogP contribution >= 0.6 is 0 Å². The highest BCUT2D eigenvalue weighted by atomic mass is 16.1. The molecule has 0 amide bonds. The number of Topliss-reactive ketones (excluding diaryl/α,β-unsaturated/α-hetero) is 1. The molecule has 17 heavy (non-hydrogen) atoms. The number of hydrogen-bond acceptors (Lipinski definition) is 2. The molecule has 0 bridgehead atoms. The first-order chi connectivity index (χ1) is 8.27. The number of fused-ring (bicyclic) bond motifs is 3. The van der Waals surface area contributed by atoms with E-state index in [1.165, 1.54) is 22.2 Å². The highest BCUT2D eigenvalue weighted by Crippen LogP contribution is 2.28. The zero-order valence-corrected chi connectivity index (χ0v) is 9.99. The zero-order valence-electron chi connectivity index (χ0n) is 9.99. The molecule has 0 aliphatic carbocycles. The molecule has 1 aromatic heterocycles. The number of hydrogen-bond donors (Lipinski definition) is 1. The van der Waals surface area contributed by atoms with Gasteiger partial charge in [-0.25, -0.2) is 0 Å².